The van der Waals surface area contributed by atoms with Gasteiger partial charge in [0, 0.05) is 5.56 Å². The topological polar surface area (TPSA) is 83.7 Å². The number of ether oxygens (including phenoxy) is 3. The van der Waals surface area contributed by atoms with E-state index in [0.717, 1.165) is 5.56 Å². The number of carbonyl (C=O) groups is 1. The van der Waals surface area contributed by atoms with E-state index >= 15 is 0 Å². The molecule has 0 amide bonds. The van der Waals surface area contributed by atoms with Crippen LogP contribution in [0, 0.1) is 0 Å². The van der Waals surface area contributed by atoms with E-state index in [2.05, 4.69) is 9.72 Å². The Balaban J connectivity index is 2.08. The quantitative estimate of drug-likeness (QED) is 0.856. The standard InChI is InChI=1S/C15H13ClN2O4/c1-20-15(19)14-13(16)9(17)7-10(18-14)8-2-3-11-12(6-8)22-5-4-21-11/h2-3,6-7H,4-5H2,1H3,(H2,17,18). The van der Waals surface area contributed by atoms with E-state index in [0.29, 0.717) is 30.4 Å². The van der Waals surface area contributed by atoms with Crippen LogP contribution < -0.4 is 15.2 Å². The fourth-order valence-corrected chi connectivity index (χ4v) is 2.31. The molecule has 2 heterocycles. The third kappa shape index (κ3) is 2.53. The van der Waals surface area contributed by atoms with Crippen LogP contribution in [0.1, 0.15) is 10.5 Å². The summed E-state index contributed by atoms with van der Waals surface area (Å²) in [4.78, 5) is 16.0. The molecule has 2 aromatic rings. The number of carbonyl (C=O) groups excluding carboxylic acids is 1. The second kappa shape index (κ2) is 5.73. The van der Waals surface area contributed by atoms with Crippen molar-refractivity contribution in [2.24, 2.45) is 0 Å². The van der Waals surface area contributed by atoms with E-state index in [9.17, 15) is 4.79 Å². The van der Waals surface area contributed by atoms with E-state index in [-0.39, 0.29) is 16.4 Å². The highest BCUT2D eigenvalue weighted by molar-refractivity contribution is 6.35. The molecule has 3 rings (SSSR count). The van der Waals surface area contributed by atoms with Gasteiger partial charge in [0.15, 0.2) is 17.2 Å². The minimum absolute atomic E-state index is 0.0194. The number of rotatable bonds is 2. The second-order valence-corrected chi connectivity index (χ2v) is 4.99. The first kappa shape index (κ1) is 14.5. The lowest BCUT2D eigenvalue weighted by Gasteiger charge is -2.19. The number of nitrogens with zero attached hydrogens (tertiary/aromatic N) is 1. The summed E-state index contributed by atoms with van der Waals surface area (Å²) in [5.41, 5.74) is 7.32. The lowest BCUT2D eigenvalue weighted by Crippen LogP contribution is -2.15. The minimum Gasteiger partial charge on any atom is -0.486 e. The molecule has 0 atom stereocenters. The van der Waals surface area contributed by atoms with Crippen molar-refractivity contribution >= 4 is 23.3 Å². The Labute approximate surface area is 131 Å². The van der Waals surface area contributed by atoms with E-state index in [1.54, 1.807) is 18.2 Å². The number of fused-ring (bicyclic) bond motifs is 1. The van der Waals surface area contributed by atoms with Gasteiger partial charge in [-0.1, -0.05) is 11.6 Å². The number of benzene rings is 1. The Bertz CT molecular complexity index is 749. The first-order valence-corrected chi connectivity index (χ1v) is 6.92. The summed E-state index contributed by atoms with van der Waals surface area (Å²) < 4.78 is 15.7. The van der Waals surface area contributed by atoms with Crippen LogP contribution in [-0.2, 0) is 4.74 Å². The molecule has 1 aliphatic rings. The molecule has 0 unspecified atom stereocenters. The summed E-state index contributed by atoms with van der Waals surface area (Å²) in [5.74, 6) is 0.653. The summed E-state index contributed by atoms with van der Waals surface area (Å²) >= 11 is 6.01. The molecule has 0 aliphatic carbocycles. The van der Waals surface area contributed by atoms with E-state index in [4.69, 9.17) is 26.8 Å². The van der Waals surface area contributed by atoms with Crippen molar-refractivity contribution in [1.82, 2.24) is 4.98 Å². The van der Waals surface area contributed by atoms with Crippen LogP contribution in [-0.4, -0.2) is 31.3 Å². The van der Waals surface area contributed by atoms with Crippen LogP contribution in [0.25, 0.3) is 11.3 Å². The first-order chi connectivity index (χ1) is 10.6. The minimum atomic E-state index is -0.643. The molecule has 0 saturated heterocycles. The molecular weight excluding hydrogens is 308 g/mol. The number of esters is 1. The van der Waals surface area contributed by atoms with E-state index in [1.807, 2.05) is 6.07 Å². The third-order valence-corrected chi connectivity index (χ3v) is 3.60. The van der Waals surface area contributed by atoms with Gasteiger partial charge in [0.1, 0.15) is 13.2 Å². The van der Waals surface area contributed by atoms with Crippen molar-refractivity contribution in [3.63, 3.8) is 0 Å². The van der Waals surface area contributed by atoms with Gasteiger partial charge in [-0.2, -0.15) is 0 Å². The van der Waals surface area contributed by atoms with Crippen LogP contribution >= 0.6 is 11.6 Å². The van der Waals surface area contributed by atoms with Crippen LogP contribution in [0.4, 0.5) is 5.69 Å². The summed E-state index contributed by atoms with van der Waals surface area (Å²) in [6, 6.07) is 6.98. The first-order valence-electron chi connectivity index (χ1n) is 6.54. The van der Waals surface area contributed by atoms with Crippen molar-refractivity contribution in [2.75, 3.05) is 26.1 Å². The fourth-order valence-electron chi connectivity index (χ4n) is 2.13. The molecule has 6 nitrogen and oxygen atoms in total. The van der Waals surface area contributed by atoms with Crippen molar-refractivity contribution in [1.29, 1.82) is 0 Å². The molecular formula is C15H13ClN2O4. The number of hydrogen-bond donors (Lipinski definition) is 1. The van der Waals surface area contributed by atoms with Gasteiger partial charge in [-0.3, -0.25) is 0 Å². The van der Waals surface area contributed by atoms with Gasteiger partial charge in [0.25, 0.3) is 0 Å². The molecule has 1 aromatic heterocycles. The normalized spacial score (nSPS) is 12.8. The lowest BCUT2D eigenvalue weighted by atomic mass is 10.1. The monoisotopic (exact) mass is 320 g/mol. The molecule has 1 aliphatic heterocycles. The second-order valence-electron chi connectivity index (χ2n) is 4.61. The average molecular weight is 321 g/mol. The molecule has 22 heavy (non-hydrogen) atoms. The zero-order valence-electron chi connectivity index (χ0n) is 11.8. The SMILES string of the molecule is COC(=O)c1nc(-c2ccc3c(c2)OCCO3)cc(N)c1Cl. The highest BCUT2D eigenvalue weighted by atomic mass is 35.5. The van der Waals surface area contributed by atoms with Gasteiger partial charge >= 0.3 is 5.97 Å². The highest BCUT2D eigenvalue weighted by Gasteiger charge is 2.19. The van der Waals surface area contributed by atoms with Crippen LogP contribution in [0.15, 0.2) is 24.3 Å². The number of nitrogen functional groups attached to an aromatic ring is 1. The van der Waals surface area contributed by atoms with Gasteiger partial charge < -0.3 is 19.9 Å². The van der Waals surface area contributed by atoms with E-state index < -0.39 is 5.97 Å². The van der Waals surface area contributed by atoms with Crippen LogP contribution in [0.2, 0.25) is 5.02 Å². The zero-order valence-corrected chi connectivity index (χ0v) is 12.5. The number of methoxy groups -OCH3 is 1. The Morgan fingerprint density at radius 3 is 2.73 bits per heavy atom. The average Bonchev–Trinajstić information content (AvgIpc) is 2.56. The summed E-state index contributed by atoms with van der Waals surface area (Å²) in [6.45, 7) is 1.00. The molecule has 2 N–H and O–H groups in total. The van der Waals surface area contributed by atoms with Gasteiger partial charge in [0.05, 0.1) is 23.5 Å². The number of hydrogen-bond acceptors (Lipinski definition) is 6. The van der Waals surface area contributed by atoms with Gasteiger partial charge in [-0.15, -0.1) is 0 Å². The molecule has 0 saturated carbocycles. The molecule has 114 valence electrons. The largest absolute Gasteiger partial charge is 0.486 e. The summed E-state index contributed by atoms with van der Waals surface area (Å²) in [6.07, 6.45) is 0. The number of halogens is 1. The Morgan fingerprint density at radius 1 is 1.27 bits per heavy atom. The summed E-state index contributed by atoms with van der Waals surface area (Å²) in [5, 5.41) is 0.0770. The number of nitrogens with two attached hydrogens (primary N) is 1. The van der Waals surface area contributed by atoms with Gasteiger partial charge in [-0.25, -0.2) is 9.78 Å². The Morgan fingerprint density at radius 2 is 2.00 bits per heavy atom. The fraction of sp³-hybridized carbons (Fsp3) is 0.200. The van der Waals surface area contributed by atoms with Crippen molar-refractivity contribution in [3.8, 4) is 22.8 Å². The predicted molar refractivity (Wildman–Crippen MR) is 81.4 cm³/mol. The van der Waals surface area contributed by atoms with Crippen LogP contribution in [0.3, 0.4) is 0 Å². The van der Waals surface area contributed by atoms with Crippen molar-refractivity contribution in [3.05, 3.63) is 35.0 Å². The Hall–Kier alpha value is -2.47. The van der Waals surface area contributed by atoms with Crippen LogP contribution in [0.5, 0.6) is 11.5 Å². The maximum Gasteiger partial charge on any atom is 0.358 e. The molecule has 0 radical (unpaired) electrons. The smallest absolute Gasteiger partial charge is 0.358 e. The molecule has 0 fully saturated rings. The van der Waals surface area contributed by atoms with Gasteiger partial charge in [-0.05, 0) is 24.3 Å². The maximum atomic E-state index is 11.7. The maximum absolute atomic E-state index is 11.7. The Kier molecular flexibility index (Phi) is 3.77. The van der Waals surface area contributed by atoms with Crippen molar-refractivity contribution in [2.45, 2.75) is 0 Å². The van der Waals surface area contributed by atoms with Crippen molar-refractivity contribution < 1.29 is 19.0 Å². The molecule has 1 aromatic carbocycles. The molecule has 0 bridgehead atoms. The number of aromatic nitrogens is 1. The lowest BCUT2D eigenvalue weighted by molar-refractivity contribution is 0.0594. The number of pyridine rings is 1. The molecule has 0 spiro atoms. The summed E-state index contributed by atoms with van der Waals surface area (Å²) in [7, 11) is 1.26. The predicted octanol–water partition coefficient (Wildman–Crippen LogP) is 2.54. The highest BCUT2D eigenvalue weighted by Crippen LogP contribution is 2.35. The van der Waals surface area contributed by atoms with Gasteiger partial charge in [0.2, 0.25) is 0 Å². The van der Waals surface area contributed by atoms with E-state index in [1.165, 1.54) is 7.11 Å². The molecule has 7 heteroatoms. The zero-order chi connectivity index (χ0) is 15.7. The third-order valence-electron chi connectivity index (χ3n) is 3.20. The number of anilines is 1.